The number of nitrogen functional groups attached to an aromatic ring is 1. The summed E-state index contributed by atoms with van der Waals surface area (Å²) in [5.41, 5.74) is 9.46. The number of rotatable bonds is 3. The number of nitrogens with zero attached hydrogens (tertiary/aromatic N) is 1. The Kier molecular flexibility index (Phi) is 3.80. The molecule has 2 aromatic rings. The first kappa shape index (κ1) is 13.0. The molecule has 1 fully saturated rings. The highest BCUT2D eigenvalue weighted by molar-refractivity contribution is 8.01. The van der Waals surface area contributed by atoms with Gasteiger partial charge in [0.25, 0.3) is 0 Å². The van der Waals surface area contributed by atoms with Crippen molar-refractivity contribution >= 4 is 28.1 Å². The lowest BCUT2D eigenvalue weighted by Crippen LogP contribution is -1.92. The highest BCUT2D eigenvalue weighted by Gasteiger charge is 2.19. The van der Waals surface area contributed by atoms with Crippen LogP contribution in [0, 0.1) is 6.92 Å². The van der Waals surface area contributed by atoms with Gasteiger partial charge in [-0.25, -0.2) is 4.98 Å². The summed E-state index contributed by atoms with van der Waals surface area (Å²) in [6, 6.07) is 8.42. The van der Waals surface area contributed by atoms with Crippen LogP contribution in [0.3, 0.4) is 0 Å². The van der Waals surface area contributed by atoms with Gasteiger partial charge in [-0.3, -0.25) is 0 Å². The molecule has 4 heteroatoms. The van der Waals surface area contributed by atoms with Gasteiger partial charge in [0.2, 0.25) is 0 Å². The fraction of sp³-hybridized carbons (Fsp3) is 0.400. The maximum atomic E-state index is 6.13. The zero-order valence-corrected chi connectivity index (χ0v) is 12.7. The fourth-order valence-corrected chi connectivity index (χ4v) is 4.88. The second kappa shape index (κ2) is 5.55. The molecule has 2 nitrogen and oxygen atoms in total. The Morgan fingerprint density at radius 1 is 1.21 bits per heavy atom. The largest absolute Gasteiger partial charge is 0.389 e. The molecule has 1 aromatic heterocycles. The lowest BCUT2D eigenvalue weighted by Gasteiger charge is -2.04. The molecule has 0 radical (unpaired) electrons. The number of hydrogen-bond acceptors (Lipinski definition) is 4. The molecule has 1 aromatic carbocycles. The van der Waals surface area contributed by atoms with Crippen molar-refractivity contribution < 1.29 is 0 Å². The molecule has 0 unspecified atom stereocenters. The normalized spacial score (nSPS) is 16.1. The van der Waals surface area contributed by atoms with Gasteiger partial charge in [0.15, 0.2) is 4.34 Å². The highest BCUT2D eigenvalue weighted by atomic mass is 32.2. The molecule has 1 aliphatic rings. The molecule has 1 heterocycles. The first-order valence-electron chi connectivity index (χ1n) is 6.72. The SMILES string of the molecule is Cc1ccc(-c2nc(SC3CCCC3)sc2N)cc1. The summed E-state index contributed by atoms with van der Waals surface area (Å²) in [5.74, 6) is 0. The minimum absolute atomic E-state index is 0.747. The lowest BCUT2D eigenvalue weighted by molar-refractivity contribution is 0.886. The van der Waals surface area contributed by atoms with Crippen molar-refractivity contribution in [3.8, 4) is 11.3 Å². The van der Waals surface area contributed by atoms with Crippen LogP contribution < -0.4 is 5.73 Å². The molecule has 0 atom stereocenters. The zero-order valence-electron chi connectivity index (χ0n) is 11.1. The molecule has 100 valence electrons. The van der Waals surface area contributed by atoms with Gasteiger partial charge < -0.3 is 5.73 Å². The van der Waals surface area contributed by atoms with Crippen LogP contribution in [0.2, 0.25) is 0 Å². The Balaban J connectivity index is 1.82. The number of nitrogens with two attached hydrogens (primary N) is 1. The number of benzene rings is 1. The Bertz CT molecular complexity index is 554. The standard InChI is InChI=1S/C15H18N2S2/c1-10-6-8-11(9-7-10)13-14(16)19-15(17-13)18-12-4-2-3-5-12/h6-9,12H,2-5,16H2,1H3. The molecule has 3 rings (SSSR count). The Morgan fingerprint density at radius 3 is 2.58 bits per heavy atom. The third-order valence-electron chi connectivity index (χ3n) is 3.53. The molecule has 0 bridgehead atoms. The van der Waals surface area contributed by atoms with Crippen LogP contribution in [0.1, 0.15) is 31.2 Å². The van der Waals surface area contributed by atoms with Crippen LogP contribution in [0.15, 0.2) is 28.6 Å². The van der Waals surface area contributed by atoms with Gasteiger partial charge in [0.05, 0.1) is 0 Å². The predicted molar refractivity (Wildman–Crippen MR) is 84.8 cm³/mol. The number of thioether (sulfide) groups is 1. The first-order valence-corrected chi connectivity index (χ1v) is 8.42. The molecule has 0 spiro atoms. The molecule has 2 N–H and O–H groups in total. The van der Waals surface area contributed by atoms with Crippen LogP contribution in [0.4, 0.5) is 5.00 Å². The van der Waals surface area contributed by atoms with Crippen LogP contribution in [-0.4, -0.2) is 10.2 Å². The quantitative estimate of drug-likeness (QED) is 0.887. The Hall–Kier alpha value is -1.00. The van der Waals surface area contributed by atoms with E-state index in [1.807, 2.05) is 11.8 Å². The third kappa shape index (κ3) is 2.95. The first-order chi connectivity index (χ1) is 9.22. The highest BCUT2D eigenvalue weighted by Crippen LogP contribution is 2.40. The van der Waals surface area contributed by atoms with E-state index in [1.165, 1.54) is 31.2 Å². The average molecular weight is 290 g/mol. The van der Waals surface area contributed by atoms with Crippen molar-refractivity contribution in [1.29, 1.82) is 0 Å². The van der Waals surface area contributed by atoms with Crippen LogP contribution in [0.5, 0.6) is 0 Å². The van der Waals surface area contributed by atoms with E-state index in [-0.39, 0.29) is 0 Å². The van der Waals surface area contributed by atoms with Gasteiger partial charge in [-0.1, -0.05) is 65.8 Å². The smallest absolute Gasteiger partial charge is 0.152 e. The summed E-state index contributed by atoms with van der Waals surface area (Å²) in [6.07, 6.45) is 5.38. The Morgan fingerprint density at radius 2 is 1.89 bits per heavy atom. The number of thiazole rings is 1. The topological polar surface area (TPSA) is 38.9 Å². The van der Waals surface area contributed by atoms with Crippen molar-refractivity contribution in [2.45, 2.75) is 42.2 Å². The maximum absolute atomic E-state index is 6.13. The van der Waals surface area contributed by atoms with E-state index in [4.69, 9.17) is 10.7 Å². The molecular weight excluding hydrogens is 272 g/mol. The van der Waals surface area contributed by atoms with Crippen LogP contribution >= 0.6 is 23.1 Å². The molecule has 19 heavy (non-hydrogen) atoms. The summed E-state index contributed by atoms with van der Waals surface area (Å²) in [5, 5.41) is 1.58. The van der Waals surface area contributed by atoms with E-state index in [0.717, 1.165) is 25.8 Å². The summed E-state index contributed by atoms with van der Waals surface area (Å²) < 4.78 is 1.12. The summed E-state index contributed by atoms with van der Waals surface area (Å²) in [7, 11) is 0. The van der Waals surface area contributed by atoms with Crippen molar-refractivity contribution in [3.05, 3.63) is 29.8 Å². The van der Waals surface area contributed by atoms with E-state index in [1.54, 1.807) is 11.3 Å². The zero-order chi connectivity index (χ0) is 13.2. The predicted octanol–water partition coefficient (Wildman–Crippen LogP) is 4.74. The fourth-order valence-electron chi connectivity index (χ4n) is 2.43. The average Bonchev–Trinajstić information content (AvgIpc) is 3.01. The van der Waals surface area contributed by atoms with E-state index in [2.05, 4.69) is 31.2 Å². The number of aryl methyl sites for hydroxylation is 1. The van der Waals surface area contributed by atoms with Gasteiger partial charge in [-0.15, -0.1) is 0 Å². The van der Waals surface area contributed by atoms with Gasteiger partial charge in [-0.05, 0) is 19.8 Å². The van der Waals surface area contributed by atoms with Gasteiger partial charge in [0.1, 0.15) is 10.7 Å². The summed E-state index contributed by atoms with van der Waals surface area (Å²) >= 11 is 3.54. The second-order valence-electron chi connectivity index (χ2n) is 5.08. The number of aromatic nitrogens is 1. The minimum Gasteiger partial charge on any atom is -0.389 e. The van der Waals surface area contributed by atoms with Crippen molar-refractivity contribution in [1.82, 2.24) is 4.98 Å². The van der Waals surface area contributed by atoms with E-state index in [9.17, 15) is 0 Å². The van der Waals surface area contributed by atoms with Crippen LogP contribution in [0.25, 0.3) is 11.3 Å². The molecular formula is C15H18N2S2. The van der Waals surface area contributed by atoms with Crippen molar-refractivity contribution in [2.75, 3.05) is 5.73 Å². The lowest BCUT2D eigenvalue weighted by atomic mass is 10.1. The molecule has 0 aliphatic heterocycles. The van der Waals surface area contributed by atoms with E-state index >= 15 is 0 Å². The molecule has 0 amide bonds. The van der Waals surface area contributed by atoms with E-state index in [0.29, 0.717) is 0 Å². The van der Waals surface area contributed by atoms with Gasteiger partial charge >= 0.3 is 0 Å². The van der Waals surface area contributed by atoms with Gasteiger partial charge in [-0.2, -0.15) is 0 Å². The second-order valence-corrected chi connectivity index (χ2v) is 7.66. The third-order valence-corrected chi connectivity index (χ3v) is 5.84. The van der Waals surface area contributed by atoms with Gasteiger partial charge in [0, 0.05) is 10.8 Å². The molecule has 1 aliphatic carbocycles. The van der Waals surface area contributed by atoms with E-state index < -0.39 is 0 Å². The molecule has 1 saturated carbocycles. The maximum Gasteiger partial charge on any atom is 0.152 e. The van der Waals surface area contributed by atoms with Crippen LogP contribution in [-0.2, 0) is 0 Å². The molecule has 0 saturated heterocycles. The Labute approximate surface area is 122 Å². The number of anilines is 1. The summed E-state index contributed by atoms with van der Waals surface area (Å²) in [4.78, 5) is 4.73. The van der Waals surface area contributed by atoms with Crippen molar-refractivity contribution in [2.24, 2.45) is 0 Å². The monoisotopic (exact) mass is 290 g/mol. The number of hydrogen-bond donors (Lipinski definition) is 1. The minimum atomic E-state index is 0.747. The summed E-state index contributed by atoms with van der Waals surface area (Å²) in [6.45, 7) is 2.09. The van der Waals surface area contributed by atoms with Crippen molar-refractivity contribution in [3.63, 3.8) is 0 Å².